The summed E-state index contributed by atoms with van der Waals surface area (Å²) in [6.45, 7) is 14.0. The molecule has 1 aromatic heterocycles. The Balaban J connectivity index is 1.07. The summed E-state index contributed by atoms with van der Waals surface area (Å²) in [6, 6.07) is 21.7. The third-order valence-electron chi connectivity index (χ3n) is 9.54. The number of nitrogens with zero attached hydrogens (tertiary/aromatic N) is 2. The van der Waals surface area contributed by atoms with Gasteiger partial charge in [-0.2, -0.15) is 0 Å². The lowest BCUT2D eigenvalue weighted by atomic mass is 9.78. The minimum Gasteiger partial charge on any atom is -0.444 e. The van der Waals surface area contributed by atoms with Crippen LogP contribution in [0.4, 0.5) is 4.79 Å². The molecule has 1 amide bonds. The van der Waals surface area contributed by atoms with E-state index < -0.39 is 5.60 Å². The van der Waals surface area contributed by atoms with Crippen LogP contribution in [-0.4, -0.2) is 50.9 Å². The Morgan fingerprint density at radius 3 is 2.23 bits per heavy atom. The fourth-order valence-electron chi connectivity index (χ4n) is 6.34. The number of hydrogen-bond donors (Lipinski definition) is 1. The Hall–Kier alpha value is -3.62. The lowest BCUT2D eigenvalue weighted by molar-refractivity contribution is 0.00578. The molecule has 3 atom stereocenters. The van der Waals surface area contributed by atoms with Crippen LogP contribution in [-0.2, 0) is 14.0 Å². The molecule has 1 saturated carbocycles. The van der Waals surface area contributed by atoms with Gasteiger partial charge in [0.05, 0.1) is 29.1 Å². The molecule has 1 aliphatic carbocycles. The Bertz CT molecular complexity index is 1690. The quantitative estimate of drug-likeness (QED) is 0.258. The first-order valence-corrected chi connectivity index (χ1v) is 15.3. The fourth-order valence-corrected chi connectivity index (χ4v) is 6.34. The highest BCUT2D eigenvalue weighted by molar-refractivity contribution is 6.62. The number of ether oxygens (including phenoxy) is 1. The van der Waals surface area contributed by atoms with Crippen LogP contribution in [0.5, 0.6) is 0 Å². The summed E-state index contributed by atoms with van der Waals surface area (Å²) in [7, 11) is -0.371. The number of benzene rings is 3. The van der Waals surface area contributed by atoms with Gasteiger partial charge in [0.15, 0.2) is 0 Å². The van der Waals surface area contributed by atoms with Gasteiger partial charge in [-0.05, 0) is 106 Å². The molecule has 0 spiro atoms. The van der Waals surface area contributed by atoms with E-state index in [1.165, 1.54) is 5.39 Å². The zero-order chi connectivity index (χ0) is 30.3. The van der Waals surface area contributed by atoms with Gasteiger partial charge in [-0.3, -0.25) is 4.90 Å². The van der Waals surface area contributed by atoms with Crippen molar-refractivity contribution in [1.29, 1.82) is 0 Å². The van der Waals surface area contributed by atoms with E-state index >= 15 is 0 Å². The van der Waals surface area contributed by atoms with Crippen LogP contribution in [0.25, 0.3) is 33.2 Å². The van der Waals surface area contributed by atoms with Gasteiger partial charge in [0, 0.05) is 6.04 Å². The van der Waals surface area contributed by atoms with Gasteiger partial charge in [-0.25, -0.2) is 9.78 Å². The number of likely N-dealkylation sites (tertiary alicyclic amines) is 1. The van der Waals surface area contributed by atoms with E-state index in [1.807, 2.05) is 31.9 Å². The van der Waals surface area contributed by atoms with Gasteiger partial charge in [0.2, 0.25) is 0 Å². The second-order valence-electron chi connectivity index (χ2n) is 14.4. The maximum Gasteiger partial charge on any atom is 0.494 e. The average Bonchev–Trinajstić information content (AvgIpc) is 3.27. The van der Waals surface area contributed by atoms with Crippen LogP contribution >= 0.6 is 0 Å². The summed E-state index contributed by atoms with van der Waals surface area (Å²) >= 11 is 0. The number of hydrogen-bond acceptors (Lipinski definition) is 5. The lowest BCUT2D eigenvalue weighted by Gasteiger charge is -2.32. The molecule has 1 unspecified atom stereocenters. The summed E-state index contributed by atoms with van der Waals surface area (Å²) in [5.74, 6) is 1.37. The van der Waals surface area contributed by atoms with Crippen molar-refractivity contribution in [1.82, 2.24) is 14.9 Å². The van der Waals surface area contributed by atoms with E-state index in [1.54, 1.807) is 0 Å². The monoisotopic (exact) mass is 577 g/mol. The normalized spacial score (nSPS) is 23.9. The summed E-state index contributed by atoms with van der Waals surface area (Å²) < 4.78 is 18.2. The molecular weight excluding hydrogens is 537 g/mol. The largest absolute Gasteiger partial charge is 0.494 e. The van der Waals surface area contributed by atoms with E-state index in [2.05, 4.69) is 93.3 Å². The number of aromatic amines is 1. The second-order valence-corrected chi connectivity index (χ2v) is 14.4. The predicted octanol–water partition coefficient (Wildman–Crippen LogP) is 7.27. The SMILES string of the molecule is CC(C)(C)OC(=O)N1C2C[C@@H]2C[C@H]1c1ncc(-c2ccc(-c3ccc4cc(B5OC(C)(C)C(C)(C)O5)ccc4c3)cc2)[nH]1. The van der Waals surface area contributed by atoms with Crippen molar-refractivity contribution in [3.63, 3.8) is 0 Å². The molecular formula is C35H40BN3O4. The van der Waals surface area contributed by atoms with Crippen molar-refractivity contribution >= 4 is 29.4 Å². The maximum atomic E-state index is 13.0. The second kappa shape index (κ2) is 9.70. The molecule has 3 heterocycles. The average molecular weight is 578 g/mol. The van der Waals surface area contributed by atoms with E-state index in [9.17, 15) is 4.79 Å². The van der Waals surface area contributed by atoms with E-state index in [4.69, 9.17) is 19.0 Å². The minimum absolute atomic E-state index is 0.0745. The summed E-state index contributed by atoms with van der Waals surface area (Å²) in [5, 5.41) is 2.33. The van der Waals surface area contributed by atoms with Gasteiger partial charge in [0.25, 0.3) is 0 Å². The summed E-state index contributed by atoms with van der Waals surface area (Å²) in [6.07, 6.45) is 3.61. The van der Waals surface area contributed by atoms with Crippen LogP contribution in [0.3, 0.4) is 0 Å². The molecule has 0 radical (unpaired) electrons. The molecule has 2 aliphatic heterocycles. The Morgan fingerprint density at radius 2 is 1.53 bits per heavy atom. The number of aromatic nitrogens is 2. The molecule has 4 aromatic rings. The minimum atomic E-state index is -0.521. The third kappa shape index (κ3) is 5.14. The number of imidazole rings is 1. The van der Waals surface area contributed by atoms with Gasteiger partial charge < -0.3 is 19.0 Å². The Kier molecular flexibility index (Phi) is 6.35. The third-order valence-corrected chi connectivity index (χ3v) is 9.54. The van der Waals surface area contributed by atoms with Crippen molar-refractivity contribution in [3.05, 3.63) is 72.7 Å². The number of H-pyrrole nitrogens is 1. The van der Waals surface area contributed by atoms with Gasteiger partial charge in [0.1, 0.15) is 11.4 Å². The van der Waals surface area contributed by atoms with Crippen molar-refractivity contribution in [2.75, 3.05) is 0 Å². The zero-order valence-corrected chi connectivity index (χ0v) is 26.1. The van der Waals surface area contributed by atoms with Crippen LogP contribution in [0.15, 0.2) is 66.9 Å². The Labute approximate surface area is 254 Å². The maximum absolute atomic E-state index is 13.0. The lowest BCUT2D eigenvalue weighted by Crippen LogP contribution is -2.41. The molecule has 0 bridgehead atoms. The number of carbonyl (C=O) groups is 1. The highest BCUT2D eigenvalue weighted by Crippen LogP contribution is 2.53. The molecule has 2 saturated heterocycles. The number of piperidine rings is 1. The number of carbonyl (C=O) groups excluding carboxylic acids is 1. The number of nitrogens with one attached hydrogen (secondary N) is 1. The van der Waals surface area contributed by atoms with Crippen LogP contribution in [0.1, 0.15) is 73.2 Å². The van der Waals surface area contributed by atoms with Crippen LogP contribution in [0, 0.1) is 5.92 Å². The molecule has 3 fully saturated rings. The molecule has 1 N–H and O–H groups in total. The zero-order valence-electron chi connectivity index (χ0n) is 26.1. The van der Waals surface area contributed by atoms with Crippen molar-refractivity contribution in [2.24, 2.45) is 5.92 Å². The highest BCUT2D eigenvalue weighted by atomic mass is 16.7. The molecule has 3 aliphatic rings. The van der Waals surface area contributed by atoms with Crippen molar-refractivity contribution in [3.8, 4) is 22.4 Å². The Morgan fingerprint density at radius 1 is 0.907 bits per heavy atom. The molecule has 43 heavy (non-hydrogen) atoms. The first-order chi connectivity index (χ1) is 20.3. The summed E-state index contributed by atoms with van der Waals surface area (Å²) in [4.78, 5) is 23.1. The van der Waals surface area contributed by atoms with E-state index in [0.29, 0.717) is 5.92 Å². The topological polar surface area (TPSA) is 76.7 Å². The number of fused-ring (bicyclic) bond motifs is 2. The number of rotatable bonds is 4. The van der Waals surface area contributed by atoms with E-state index in [0.717, 1.165) is 51.9 Å². The van der Waals surface area contributed by atoms with Crippen molar-refractivity contribution in [2.45, 2.75) is 90.2 Å². The van der Waals surface area contributed by atoms with Gasteiger partial charge in [-0.15, -0.1) is 0 Å². The molecule has 8 heteroatoms. The molecule has 3 aromatic carbocycles. The van der Waals surface area contributed by atoms with Crippen LogP contribution in [0.2, 0.25) is 0 Å². The molecule has 7 nitrogen and oxygen atoms in total. The first kappa shape index (κ1) is 28.2. The standard InChI is InChI=1S/C35H40BN3O4/c1-33(2,3)41-32(40)39-29-18-26(29)19-30(39)31-37-20-28(38-31)22-10-8-21(9-11-22)23-12-13-25-17-27(15-14-24(25)16-23)36-42-34(4,5)35(6,7)43-36/h8-17,20,26,29-30H,18-19H2,1-7H3,(H,37,38)/t26-,29?,30+/m1/s1. The van der Waals surface area contributed by atoms with Gasteiger partial charge in [-0.1, -0.05) is 54.6 Å². The molecule has 222 valence electrons. The van der Waals surface area contributed by atoms with E-state index in [-0.39, 0.29) is 36.5 Å². The predicted molar refractivity (Wildman–Crippen MR) is 170 cm³/mol. The first-order valence-electron chi connectivity index (χ1n) is 15.3. The fraction of sp³-hybridized carbons (Fsp3) is 0.429. The molecule has 7 rings (SSSR count). The highest BCUT2D eigenvalue weighted by Gasteiger charge is 2.56. The van der Waals surface area contributed by atoms with Crippen molar-refractivity contribution < 1.29 is 18.8 Å². The van der Waals surface area contributed by atoms with Gasteiger partial charge >= 0.3 is 13.2 Å². The smallest absolute Gasteiger partial charge is 0.444 e. The number of amides is 1. The van der Waals surface area contributed by atoms with Crippen LogP contribution < -0.4 is 5.46 Å². The summed E-state index contributed by atoms with van der Waals surface area (Å²) in [5.41, 5.74) is 4.09.